The van der Waals surface area contributed by atoms with Crippen molar-refractivity contribution >= 4 is 76.2 Å². The molecule has 0 aliphatic heterocycles. The SMILES string of the molecule is c1ccc2c(-c3ccc4c(-c5ccc6c(c5)oc5ccccc56)c5ccccc5c(-c5ccc6oc7ccccc7c6c5)c4c3)cccc2c1. The summed E-state index contributed by atoms with van der Waals surface area (Å²) in [5.74, 6) is 0. The molecule has 2 nitrogen and oxygen atoms in total. The van der Waals surface area contributed by atoms with E-state index in [1.165, 1.54) is 60.1 Å². The average Bonchev–Trinajstić information content (AvgIpc) is 3.74. The van der Waals surface area contributed by atoms with Gasteiger partial charge >= 0.3 is 0 Å². The molecule has 0 unspecified atom stereocenters. The molecule has 0 amide bonds. The monoisotopic (exact) mass is 636 g/mol. The van der Waals surface area contributed by atoms with E-state index in [0.717, 1.165) is 49.4 Å². The third kappa shape index (κ3) is 3.96. The summed E-state index contributed by atoms with van der Waals surface area (Å²) in [6, 6.07) is 61.1. The highest BCUT2D eigenvalue weighted by Crippen LogP contribution is 2.47. The zero-order valence-electron chi connectivity index (χ0n) is 27.0. The minimum Gasteiger partial charge on any atom is -0.456 e. The van der Waals surface area contributed by atoms with Gasteiger partial charge in [-0.3, -0.25) is 0 Å². The molecule has 0 radical (unpaired) electrons. The Kier molecular flexibility index (Phi) is 5.70. The van der Waals surface area contributed by atoms with Crippen molar-refractivity contribution in [2.75, 3.05) is 0 Å². The molecule has 9 aromatic carbocycles. The Balaban J connectivity index is 1.26. The largest absolute Gasteiger partial charge is 0.456 e. The van der Waals surface area contributed by atoms with Crippen LogP contribution in [0.3, 0.4) is 0 Å². The van der Waals surface area contributed by atoms with E-state index in [9.17, 15) is 0 Å². The molecule has 0 spiro atoms. The van der Waals surface area contributed by atoms with Crippen LogP contribution in [0.2, 0.25) is 0 Å². The second-order valence-corrected chi connectivity index (χ2v) is 13.2. The zero-order valence-corrected chi connectivity index (χ0v) is 27.0. The maximum Gasteiger partial charge on any atom is 0.136 e. The highest BCUT2D eigenvalue weighted by molar-refractivity contribution is 6.23. The fourth-order valence-electron chi connectivity index (χ4n) is 8.21. The Morgan fingerprint density at radius 1 is 0.260 bits per heavy atom. The highest BCUT2D eigenvalue weighted by Gasteiger charge is 2.20. The first-order valence-electron chi connectivity index (χ1n) is 17.1. The van der Waals surface area contributed by atoms with Crippen LogP contribution in [-0.4, -0.2) is 0 Å². The van der Waals surface area contributed by atoms with Crippen LogP contribution in [-0.2, 0) is 0 Å². The molecule has 0 saturated heterocycles. The molecular formula is C48H28O2. The van der Waals surface area contributed by atoms with Gasteiger partial charge in [0.05, 0.1) is 0 Å². The van der Waals surface area contributed by atoms with Gasteiger partial charge in [-0.25, -0.2) is 0 Å². The van der Waals surface area contributed by atoms with Crippen LogP contribution in [0, 0.1) is 0 Å². The summed E-state index contributed by atoms with van der Waals surface area (Å²) in [5, 5.41) is 11.8. The van der Waals surface area contributed by atoms with Crippen molar-refractivity contribution in [2.45, 2.75) is 0 Å². The molecule has 2 heterocycles. The first kappa shape index (κ1) is 27.3. The Morgan fingerprint density at radius 3 is 1.54 bits per heavy atom. The summed E-state index contributed by atoms with van der Waals surface area (Å²) in [4.78, 5) is 0. The van der Waals surface area contributed by atoms with Crippen LogP contribution >= 0.6 is 0 Å². The first-order valence-corrected chi connectivity index (χ1v) is 17.1. The van der Waals surface area contributed by atoms with Crippen molar-refractivity contribution in [1.29, 1.82) is 0 Å². The van der Waals surface area contributed by atoms with Gasteiger partial charge in [0.25, 0.3) is 0 Å². The third-order valence-electron chi connectivity index (χ3n) is 10.5. The van der Waals surface area contributed by atoms with E-state index >= 15 is 0 Å². The van der Waals surface area contributed by atoms with Gasteiger partial charge in [-0.2, -0.15) is 0 Å². The lowest BCUT2D eigenvalue weighted by Crippen LogP contribution is -1.92. The predicted molar refractivity (Wildman–Crippen MR) is 210 cm³/mol. The number of fused-ring (bicyclic) bond motifs is 9. The molecule has 11 rings (SSSR count). The molecule has 50 heavy (non-hydrogen) atoms. The van der Waals surface area contributed by atoms with Crippen LogP contribution in [0.15, 0.2) is 179 Å². The Morgan fingerprint density at radius 2 is 0.740 bits per heavy atom. The molecular weight excluding hydrogens is 609 g/mol. The number of hydrogen-bond acceptors (Lipinski definition) is 2. The molecule has 0 N–H and O–H groups in total. The van der Waals surface area contributed by atoms with Crippen molar-refractivity contribution < 1.29 is 8.83 Å². The molecule has 0 aliphatic carbocycles. The Hall–Kier alpha value is -6.64. The fourth-order valence-corrected chi connectivity index (χ4v) is 8.21. The van der Waals surface area contributed by atoms with Crippen molar-refractivity contribution in [1.82, 2.24) is 0 Å². The van der Waals surface area contributed by atoms with E-state index in [-0.39, 0.29) is 0 Å². The second kappa shape index (κ2) is 10.4. The van der Waals surface area contributed by atoms with Crippen LogP contribution in [0.25, 0.3) is 110 Å². The van der Waals surface area contributed by atoms with E-state index < -0.39 is 0 Å². The molecule has 0 saturated carbocycles. The minimum atomic E-state index is 0.898. The highest BCUT2D eigenvalue weighted by atomic mass is 16.3. The summed E-state index contributed by atoms with van der Waals surface area (Å²) >= 11 is 0. The molecule has 2 aromatic heterocycles. The fraction of sp³-hybridized carbons (Fsp3) is 0. The van der Waals surface area contributed by atoms with E-state index in [1.807, 2.05) is 24.3 Å². The summed E-state index contributed by atoms with van der Waals surface area (Å²) < 4.78 is 12.7. The summed E-state index contributed by atoms with van der Waals surface area (Å²) in [6.07, 6.45) is 0. The summed E-state index contributed by atoms with van der Waals surface area (Å²) in [6.45, 7) is 0. The van der Waals surface area contributed by atoms with Gasteiger partial charge in [-0.1, -0.05) is 127 Å². The topological polar surface area (TPSA) is 26.3 Å². The van der Waals surface area contributed by atoms with E-state index in [2.05, 4.69) is 146 Å². The second-order valence-electron chi connectivity index (χ2n) is 13.2. The van der Waals surface area contributed by atoms with Gasteiger partial charge in [-0.15, -0.1) is 0 Å². The van der Waals surface area contributed by atoms with Gasteiger partial charge in [0.2, 0.25) is 0 Å². The molecule has 0 aliphatic rings. The lowest BCUT2D eigenvalue weighted by atomic mass is 9.84. The third-order valence-corrected chi connectivity index (χ3v) is 10.5. The summed E-state index contributed by atoms with van der Waals surface area (Å²) in [5.41, 5.74) is 10.8. The molecule has 232 valence electrons. The lowest BCUT2D eigenvalue weighted by Gasteiger charge is -2.19. The van der Waals surface area contributed by atoms with Gasteiger partial charge in [0.1, 0.15) is 22.3 Å². The molecule has 2 heteroatoms. The molecule has 0 bridgehead atoms. The van der Waals surface area contributed by atoms with E-state index in [4.69, 9.17) is 8.83 Å². The van der Waals surface area contributed by atoms with Crippen molar-refractivity contribution in [3.05, 3.63) is 170 Å². The minimum absolute atomic E-state index is 0.898. The predicted octanol–water partition coefficient (Wildman–Crippen LogP) is 13.9. The average molecular weight is 637 g/mol. The molecule has 0 atom stereocenters. The first-order chi connectivity index (χ1) is 24.8. The van der Waals surface area contributed by atoms with Crippen molar-refractivity contribution in [2.24, 2.45) is 0 Å². The van der Waals surface area contributed by atoms with Crippen LogP contribution in [0.4, 0.5) is 0 Å². The lowest BCUT2D eigenvalue weighted by molar-refractivity contribution is 0.668. The quantitative estimate of drug-likeness (QED) is 0.180. The maximum atomic E-state index is 6.41. The van der Waals surface area contributed by atoms with Gasteiger partial charge in [0, 0.05) is 21.5 Å². The molecule has 11 aromatic rings. The van der Waals surface area contributed by atoms with Gasteiger partial charge in [0.15, 0.2) is 0 Å². The number of rotatable bonds is 3. The number of furan rings is 2. The number of hydrogen-bond donors (Lipinski definition) is 0. The molecule has 0 fully saturated rings. The Bertz CT molecular complexity index is 3150. The number of benzene rings is 9. The standard InChI is InChI=1S/C48H28O2/c1-2-12-33-29(10-1)11-9-17-34(33)30-20-24-40-42(26-30)48(31-22-25-45-41(27-31)36-14-6-8-19-44(36)49-45)39-16-4-3-15-38(39)47(40)32-21-23-37-35-13-5-7-18-43(35)50-46(37)28-32/h1-28H. The van der Waals surface area contributed by atoms with Crippen LogP contribution < -0.4 is 0 Å². The van der Waals surface area contributed by atoms with E-state index in [0.29, 0.717) is 0 Å². The van der Waals surface area contributed by atoms with Crippen molar-refractivity contribution in [3.63, 3.8) is 0 Å². The maximum absolute atomic E-state index is 6.41. The van der Waals surface area contributed by atoms with Crippen molar-refractivity contribution in [3.8, 4) is 33.4 Å². The summed E-state index contributed by atoms with van der Waals surface area (Å²) in [7, 11) is 0. The van der Waals surface area contributed by atoms with Crippen LogP contribution in [0.5, 0.6) is 0 Å². The van der Waals surface area contributed by atoms with Crippen LogP contribution in [0.1, 0.15) is 0 Å². The Labute approximate surface area is 287 Å². The van der Waals surface area contributed by atoms with Gasteiger partial charge in [-0.05, 0) is 108 Å². The van der Waals surface area contributed by atoms with Gasteiger partial charge < -0.3 is 8.83 Å². The number of para-hydroxylation sites is 2. The zero-order chi connectivity index (χ0) is 32.8. The smallest absolute Gasteiger partial charge is 0.136 e. The van der Waals surface area contributed by atoms with E-state index in [1.54, 1.807) is 0 Å². The normalized spacial score (nSPS) is 12.0.